The Morgan fingerprint density at radius 2 is 2.47 bits per heavy atom. The lowest BCUT2D eigenvalue weighted by Crippen LogP contribution is -2.11. The van der Waals surface area contributed by atoms with Crippen LogP contribution >= 0.6 is 11.3 Å². The molecule has 0 saturated carbocycles. The summed E-state index contributed by atoms with van der Waals surface area (Å²) in [5.74, 6) is 1.89. The molecule has 0 aromatic carbocycles. The van der Waals surface area contributed by atoms with Crippen LogP contribution in [0.2, 0.25) is 0 Å². The minimum Gasteiger partial charge on any atom is -0.346 e. The highest BCUT2D eigenvalue weighted by molar-refractivity contribution is 7.13. The first-order chi connectivity index (χ1) is 8.33. The molecule has 2 N–H and O–H groups in total. The molecule has 2 aromatic rings. The fourth-order valence-corrected chi connectivity index (χ4v) is 3.21. The standard InChI is InChI=1S/C13H17N3S/c1-9-13(11-3-2-6-17-11)16-12(15-9)7-10-4-5-14-8-10/h2-3,6,10,14H,4-5,7-8H2,1H3,(H,15,16). The number of nitrogens with zero attached hydrogens (tertiary/aromatic N) is 1. The average molecular weight is 247 g/mol. The van der Waals surface area contributed by atoms with Gasteiger partial charge >= 0.3 is 0 Å². The summed E-state index contributed by atoms with van der Waals surface area (Å²) in [6.45, 7) is 4.40. The van der Waals surface area contributed by atoms with Crippen LogP contribution in [-0.4, -0.2) is 23.1 Å². The van der Waals surface area contributed by atoms with Crippen molar-refractivity contribution in [3.63, 3.8) is 0 Å². The number of imidazole rings is 1. The van der Waals surface area contributed by atoms with Crippen LogP contribution in [0, 0.1) is 12.8 Å². The Bertz CT molecular complexity index is 481. The molecule has 2 aromatic heterocycles. The molecule has 3 heterocycles. The van der Waals surface area contributed by atoms with Crippen molar-refractivity contribution < 1.29 is 0 Å². The molecule has 0 radical (unpaired) electrons. The van der Waals surface area contributed by atoms with Gasteiger partial charge < -0.3 is 10.3 Å². The number of hydrogen-bond acceptors (Lipinski definition) is 3. The molecular weight excluding hydrogens is 230 g/mol. The Hall–Kier alpha value is -1.13. The molecule has 0 spiro atoms. The lowest BCUT2D eigenvalue weighted by molar-refractivity contribution is 0.564. The first-order valence-electron chi connectivity index (χ1n) is 6.13. The number of hydrogen-bond donors (Lipinski definition) is 2. The highest BCUT2D eigenvalue weighted by Gasteiger charge is 2.18. The maximum Gasteiger partial charge on any atom is 0.107 e. The fourth-order valence-electron chi connectivity index (χ4n) is 2.43. The van der Waals surface area contributed by atoms with Crippen LogP contribution in [0.25, 0.3) is 10.6 Å². The van der Waals surface area contributed by atoms with Crippen molar-refractivity contribution in [1.82, 2.24) is 15.3 Å². The minimum absolute atomic E-state index is 0.747. The average Bonchev–Trinajstić information content (AvgIpc) is 3.00. The van der Waals surface area contributed by atoms with Crippen molar-refractivity contribution in [2.75, 3.05) is 13.1 Å². The molecule has 1 aliphatic heterocycles. The number of nitrogens with one attached hydrogen (secondary N) is 2. The Balaban J connectivity index is 1.80. The van der Waals surface area contributed by atoms with Gasteiger partial charge in [0.05, 0.1) is 4.88 Å². The molecule has 17 heavy (non-hydrogen) atoms. The molecule has 90 valence electrons. The summed E-state index contributed by atoms with van der Waals surface area (Å²) >= 11 is 1.75. The van der Waals surface area contributed by atoms with E-state index in [4.69, 9.17) is 4.98 Å². The molecule has 3 nitrogen and oxygen atoms in total. The van der Waals surface area contributed by atoms with Crippen molar-refractivity contribution in [3.05, 3.63) is 29.0 Å². The van der Waals surface area contributed by atoms with Gasteiger partial charge in [0.2, 0.25) is 0 Å². The zero-order chi connectivity index (χ0) is 11.7. The van der Waals surface area contributed by atoms with E-state index in [-0.39, 0.29) is 0 Å². The second-order valence-corrected chi connectivity index (χ2v) is 5.65. The van der Waals surface area contributed by atoms with Gasteiger partial charge in [-0.2, -0.15) is 0 Å². The lowest BCUT2D eigenvalue weighted by atomic mass is 10.1. The van der Waals surface area contributed by atoms with Gasteiger partial charge in [-0.25, -0.2) is 4.98 Å². The van der Waals surface area contributed by atoms with Crippen LogP contribution < -0.4 is 5.32 Å². The summed E-state index contributed by atoms with van der Waals surface area (Å²) in [5, 5.41) is 5.50. The predicted octanol–water partition coefficient (Wildman–Crippen LogP) is 2.60. The third-order valence-electron chi connectivity index (χ3n) is 3.33. The van der Waals surface area contributed by atoms with Crippen molar-refractivity contribution in [3.8, 4) is 10.6 Å². The molecule has 0 aliphatic carbocycles. The molecule has 3 rings (SSSR count). The molecular formula is C13H17N3S. The van der Waals surface area contributed by atoms with E-state index in [1.54, 1.807) is 11.3 Å². The molecule has 1 atom stereocenters. The van der Waals surface area contributed by atoms with E-state index in [0.29, 0.717) is 0 Å². The van der Waals surface area contributed by atoms with Crippen LogP contribution in [0.5, 0.6) is 0 Å². The van der Waals surface area contributed by atoms with Crippen molar-refractivity contribution in [1.29, 1.82) is 0 Å². The van der Waals surface area contributed by atoms with Gasteiger partial charge in [-0.05, 0) is 43.8 Å². The maximum atomic E-state index is 4.74. The predicted molar refractivity (Wildman–Crippen MR) is 71.3 cm³/mol. The number of aryl methyl sites for hydroxylation is 1. The van der Waals surface area contributed by atoms with Crippen LogP contribution in [0.3, 0.4) is 0 Å². The summed E-state index contributed by atoms with van der Waals surface area (Å²) in [6, 6.07) is 4.21. The molecule has 1 aliphatic rings. The first kappa shape index (κ1) is 11.0. The Morgan fingerprint density at radius 1 is 1.53 bits per heavy atom. The quantitative estimate of drug-likeness (QED) is 0.875. The van der Waals surface area contributed by atoms with Gasteiger partial charge in [-0.3, -0.25) is 0 Å². The molecule has 0 bridgehead atoms. The lowest BCUT2D eigenvalue weighted by Gasteiger charge is -2.03. The highest BCUT2D eigenvalue weighted by Crippen LogP contribution is 2.26. The Kier molecular flexibility index (Phi) is 2.99. The number of H-pyrrole nitrogens is 1. The van der Waals surface area contributed by atoms with Gasteiger partial charge in [0, 0.05) is 12.1 Å². The minimum atomic E-state index is 0.747. The fraction of sp³-hybridized carbons (Fsp3) is 0.462. The number of aromatic amines is 1. The van der Waals surface area contributed by atoms with Crippen molar-refractivity contribution in [2.24, 2.45) is 5.92 Å². The summed E-state index contributed by atoms with van der Waals surface area (Å²) in [6.07, 6.45) is 2.34. The second kappa shape index (κ2) is 4.63. The topological polar surface area (TPSA) is 40.7 Å². The zero-order valence-electron chi connectivity index (χ0n) is 9.99. The molecule has 4 heteroatoms. The van der Waals surface area contributed by atoms with E-state index in [1.807, 2.05) is 0 Å². The van der Waals surface area contributed by atoms with Crippen molar-refractivity contribution >= 4 is 11.3 Å². The van der Waals surface area contributed by atoms with E-state index >= 15 is 0 Å². The van der Waals surface area contributed by atoms with Gasteiger partial charge in [-0.15, -0.1) is 11.3 Å². The smallest absolute Gasteiger partial charge is 0.107 e. The molecule has 1 saturated heterocycles. The first-order valence-corrected chi connectivity index (χ1v) is 7.01. The maximum absolute atomic E-state index is 4.74. The molecule has 0 amide bonds. The number of thiophene rings is 1. The van der Waals surface area contributed by atoms with E-state index in [1.165, 1.54) is 17.0 Å². The highest BCUT2D eigenvalue weighted by atomic mass is 32.1. The van der Waals surface area contributed by atoms with Gasteiger partial charge in [0.15, 0.2) is 0 Å². The Morgan fingerprint density at radius 3 is 3.18 bits per heavy atom. The number of aromatic nitrogens is 2. The number of rotatable bonds is 3. The Labute approximate surface area is 105 Å². The normalized spacial score (nSPS) is 19.9. The summed E-state index contributed by atoms with van der Waals surface area (Å²) in [5.41, 5.74) is 2.31. The molecule has 1 fully saturated rings. The SMILES string of the molecule is Cc1[nH]c(CC2CCNC2)nc1-c1cccs1. The van der Waals surface area contributed by atoms with E-state index in [2.05, 4.69) is 34.7 Å². The summed E-state index contributed by atoms with van der Waals surface area (Å²) in [7, 11) is 0. The summed E-state index contributed by atoms with van der Waals surface area (Å²) < 4.78 is 0. The zero-order valence-corrected chi connectivity index (χ0v) is 10.8. The monoisotopic (exact) mass is 247 g/mol. The van der Waals surface area contributed by atoms with Crippen LogP contribution in [0.15, 0.2) is 17.5 Å². The van der Waals surface area contributed by atoms with E-state index in [0.717, 1.165) is 36.9 Å². The van der Waals surface area contributed by atoms with Crippen LogP contribution in [0.1, 0.15) is 17.9 Å². The van der Waals surface area contributed by atoms with Crippen LogP contribution in [0.4, 0.5) is 0 Å². The van der Waals surface area contributed by atoms with E-state index < -0.39 is 0 Å². The van der Waals surface area contributed by atoms with Crippen LogP contribution in [-0.2, 0) is 6.42 Å². The van der Waals surface area contributed by atoms with Gasteiger partial charge in [0.25, 0.3) is 0 Å². The second-order valence-electron chi connectivity index (χ2n) is 4.70. The third kappa shape index (κ3) is 2.28. The van der Waals surface area contributed by atoms with E-state index in [9.17, 15) is 0 Å². The summed E-state index contributed by atoms with van der Waals surface area (Å²) in [4.78, 5) is 9.43. The van der Waals surface area contributed by atoms with Gasteiger partial charge in [0.1, 0.15) is 11.5 Å². The molecule has 1 unspecified atom stereocenters. The van der Waals surface area contributed by atoms with Gasteiger partial charge in [-0.1, -0.05) is 6.07 Å². The van der Waals surface area contributed by atoms with Crippen molar-refractivity contribution in [2.45, 2.75) is 19.8 Å². The third-order valence-corrected chi connectivity index (χ3v) is 4.21. The largest absolute Gasteiger partial charge is 0.346 e.